The molecule has 4 saturated carbocycles. The fraction of sp³-hybridized carbons (Fsp3) is 0.459. The molecule has 3 aromatic carbocycles. The van der Waals surface area contributed by atoms with Crippen LogP contribution in [-0.2, 0) is 22.6 Å². The molecule has 1 aromatic heterocycles. The van der Waals surface area contributed by atoms with E-state index in [1.54, 1.807) is 16.4 Å². The van der Waals surface area contributed by atoms with E-state index >= 15 is 0 Å². The SMILES string of the molecule is O=C(NCc1ccc([C@H]2O[C@@H](CSc3nnnn3-c3ccccc3)C[C@@H](c3ccc(CO)cc3)O2)cc1)NC12CC3CC(CC(C3)C1)C2. The Balaban J connectivity index is 0.922. The summed E-state index contributed by atoms with van der Waals surface area (Å²) in [5.41, 5.74) is 4.73. The van der Waals surface area contributed by atoms with Gasteiger partial charge in [-0.1, -0.05) is 78.5 Å². The highest BCUT2D eigenvalue weighted by molar-refractivity contribution is 7.99. The predicted molar refractivity (Wildman–Crippen MR) is 181 cm³/mol. The second kappa shape index (κ2) is 13.6. The van der Waals surface area contributed by atoms with Crippen LogP contribution in [0.2, 0.25) is 0 Å². The molecule has 10 nitrogen and oxygen atoms in total. The third kappa shape index (κ3) is 6.87. The first kappa shape index (κ1) is 31.5. The molecule has 9 rings (SSSR count). The van der Waals surface area contributed by atoms with Gasteiger partial charge in [-0.3, -0.25) is 0 Å². The third-order valence-electron chi connectivity index (χ3n) is 10.6. The lowest BCUT2D eigenvalue weighted by molar-refractivity contribution is -0.245. The van der Waals surface area contributed by atoms with Gasteiger partial charge in [-0.2, -0.15) is 4.68 Å². The number of aromatic nitrogens is 4. The minimum Gasteiger partial charge on any atom is -0.392 e. The summed E-state index contributed by atoms with van der Waals surface area (Å²) in [6.45, 7) is 0.457. The van der Waals surface area contributed by atoms with E-state index in [4.69, 9.17) is 9.47 Å². The molecule has 250 valence electrons. The first-order chi connectivity index (χ1) is 23.5. The number of para-hydroxylation sites is 1. The quantitative estimate of drug-likeness (QED) is 0.170. The minimum absolute atomic E-state index is 0.00191. The number of tetrazole rings is 1. The molecule has 0 spiro atoms. The molecule has 4 aromatic rings. The summed E-state index contributed by atoms with van der Waals surface area (Å²) >= 11 is 1.55. The molecule has 5 fully saturated rings. The minimum atomic E-state index is -0.571. The van der Waals surface area contributed by atoms with E-state index in [1.165, 1.54) is 19.3 Å². The Morgan fingerprint density at radius 2 is 1.52 bits per heavy atom. The van der Waals surface area contributed by atoms with Gasteiger partial charge in [0.1, 0.15) is 0 Å². The number of nitrogens with one attached hydrogen (secondary N) is 2. The van der Waals surface area contributed by atoms with Gasteiger partial charge in [-0.05, 0) is 95.5 Å². The third-order valence-corrected chi connectivity index (χ3v) is 11.6. The van der Waals surface area contributed by atoms with Crippen LogP contribution in [-0.4, -0.2) is 48.7 Å². The summed E-state index contributed by atoms with van der Waals surface area (Å²) in [5, 5.41) is 29.1. The number of aliphatic hydroxyl groups excluding tert-OH is 1. The van der Waals surface area contributed by atoms with Crippen LogP contribution in [0.3, 0.4) is 0 Å². The molecule has 4 bridgehead atoms. The van der Waals surface area contributed by atoms with Crippen molar-refractivity contribution in [2.75, 3.05) is 5.75 Å². The zero-order chi connectivity index (χ0) is 32.5. The molecular formula is C37H42N6O4S. The molecule has 11 heteroatoms. The maximum atomic E-state index is 13.0. The van der Waals surface area contributed by atoms with Gasteiger partial charge in [0.15, 0.2) is 6.29 Å². The van der Waals surface area contributed by atoms with Crippen LogP contribution in [0.1, 0.15) is 79.6 Å². The largest absolute Gasteiger partial charge is 0.392 e. The highest BCUT2D eigenvalue weighted by atomic mass is 32.2. The molecule has 3 atom stereocenters. The summed E-state index contributed by atoms with van der Waals surface area (Å²) in [6, 6.07) is 25.8. The van der Waals surface area contributed by atoms with E-state index in [9.17, 15) is 9.90 Å². The average Bonchev–Trinajstić information content (AvgIpc) is 3.58. The Bertz CT molecular complexity index is 1660. The topological polar surface area (TPSA) is 123 Å². The van der Waals surface area contributed by atoms with Crippen LogP contribution >= 0.6 is 11.8 Å². The molecule has 5 aliphatic rings. The molecule has 4 aliphatic carbocycles. The molecule has 0 radical (unpaired) electrons. The standard InChI is InChI=1S/C37H42N6O4S/c44-22-25-8-10-29(11-9-25)33-17-32(23-48-36-40-41-42-43(36)31-4-2-1-3-5-31)46-34(47-33)30-12-6-24(7-13-30)21-38-35(45)39-37-18-26-14-27(19-37)16-28(15-26)20-37/h1-13,26-28,32-34,44H,14-23H2,(H2,38,39,45)/t26?,27?,28?,32-,33+,34+,37?/m1/s1. The second-order valence-electron chi connectivity index (χ2n) is 14.1. The monoisotopic (exact) mass is 666 g/mol. The fourth-order valence-corrected chi connectivity index (χ4v) is 9.62. The number of hydrogen-bond acceptors (Lipinski definition) is 8. The number of carbonyl (C=O) groups excluding carboxylic acids is 1. The lowest BCUT2D eigenvalue weighted by Gasteiger charge is -2.56. The molecule has 2 amide bonds. The van der Waals surface area contributed by atoms with E-state index in [1.807, 2.05) is 78.9 Å². The number of hydrogen-bond donors (Lipinski definition) is 3. The molecular weight excluding hydrogens is 625 g/mol. The molecule has 3 N–H and O–H groups in total. The number of benzene rings is 3. The van der Waals surface area contributed by atoms with Gasteiger partial charge in [0.05, 0.1) is 24.5 Å². The van der Waals surface area contributed by atoms with Gasteiger partial charge in [-0.25, -0.2) is 4.79 Å². The maximum Gasteiger partial charge on any atom is 0.315 e. The normalized spacial score (nSPS) is 29.1. The number of urea groups is 1. The van der Waals surface area contributed by atoms with Crippen molar-refractivity contribution in [3.05, 3.63) is 101 Å². The Labute approximate surface area is 285 Å². The van der Waals surface area contributed by atoms with Gasteiger partial charge in [0.25, 0.3) is 0 Å². The maximum absolute atomic E-state index is 13.0. The van der Waals surface area contributed by atoms with Gasteiger partial charge >= 0.3 is 6.03 Å². The number of thioether (sulfide) groups is 1. The van der Waals surface area contributed by atoms with E-state index in [0.717, 1.165) is 65.0 Å². The van der Waals surface area contributed by atoms with E-state index in [2.05, 4.69) is 26.2 Å². The molecule has 48 heavy (non-hydrogen) atoms. The zero-order valence-electron chi connectivity index (χ0n) is 26.9. The van der Waals surface area contributed by atoms with E-state index in [-0.39, 0.29) is 30.4 Å². The van der Waals surface area contributed by atoms with Crippen molar-refractivity contribution in [1.82, 2.24) is 30.8 Å². The number of aliphatic hydroxyl groups is 1. The Hall–Kier alpha value is -3.77. The predicted octanol–water partition coefficient (Wildman–Crippen LogP) is 6.26. The zero-order valence-corrected chi connectivity index (χ0v) is 27.7. The summed E-state index contributed by atoms with van der Waals surface area (Å²) in [7, 11) is 0. The lowest BCUT2D eigenvalue weighted by Crippen LogP contribution is -2.61. The average molecular weight is 667 g/mol. The number of amides is 2. The smallest absolute Gasteiger partial charge is 0.315 e. The Morgan fingerprint density at radius 1 is 0.854 bits per heavy atom. The fourth-order valence-electron chi connectivity index (χ4n) is 8.71. The van der Waals surface area contributed by atoms with Crippen molar-refractivity contribution >= 4 is 17.8 Å². The van der Waals surface area contributed by atoms with Gasteiger partial charge in [0.2, 0.25) is 5.16 Å². The highest BCUT2D eigenvalue weighted by Crippen LogP contribution is 2.55. The summed E-state index contributed by atoms with van der Waals surface area (Å²) in [5.74, 6) is 3.01. The first-order valence-corrected chi connectivity index (χ1v) is 18.1. The van der Waals surface area contributed by atoms with Crippen LogP contribution < -0.4 is 10.6 Å². The van der Waals surface area contributed by atoms with Crippen molar-refractivity contribution in [1.29, 1.82) is 0 Å². The number of nitrogens with zero attached hydrogens (tertiary/aromatic N) is 4. The lowest BCUT2D eigenvalue weighted by atomic mass is 9.53. The first-order valence-electron chi connectivity index (χ1n) is 17.1. The van der Waals surface area contributed by atoms with Crippen molar-refractivity contribution in [3.63, 3.8) is 0 Å². The Morgan fingerprint density at radius 3 is 2.21 bits per heavy atom. The van der Waals surface area contributed by atoms with E-state index in [0.29, 0.717) is 23.9 Å². The second-order valence-corrected chi connectivity index (χ2v) is 15.1. The van der Waals surface area contributed by atoms with Gasteiger partial charge in [0, 0.05) is 29.8 Å². The van der Waals surface area contributed by atoms with Gasteiger partial charge < -0.3 is 25.2 Å². The number of carbonyl (C=O) groups is 1. The van der Waals surface area contributed by atoms with Crippen LogP contribution in [0.4, 0.5) is 4.79 Å². The van der Waals surface area contributed by atoms with Crippen LogP contribution in [0.5, 0.6) is 0 Å². The molecule has 1 aliphatic heterocycles. The number of rotatable bonds is 10. The molecule has 2 heterocycles. The van der Waals surface area contributed by atoms with Crippen LogP contribution in [0, 0.1) is 17.8 Å². The summed E-state index contributed by atoms with van der Waals surface area (Å²) < 4.78 is 14.8. The Kier molecular flexibility index (Phi) is 8.94. The van der Waals surface area contributed by atoms with Crippen LogP contribution in [0.15, 0.2) is 84.0 Å². The van der Waals surface area contributed by atoms with Crippen LogP contribution in [0.25, 0.3) is 5.69 Å². The van der Waals surface area contributed by atoms with Crippen molar-refractivity contribution in [2.45, 2.75) is 87.3 Å². The number of ether oxygens (including phenoxy) is 2. The van der Waals surface area contributed by atoms with E-state index < -0.39 is 6.29 Å². The molecule has 1 saturated heterocycles. The summed E-state index contributed by atoms with van der Waals surface area (Å²) in [6.07, 6.45) is 7.24. The van der Waals surface area contributed by atoms with Gasteiger partial charge in [-0.15, -0.1) is 5.10 Å². The van der Waals surface area contributed by atoms with Crippen molar-refractivity contribution in [3.8, 4) is 5.69 Å². The summed E-state index contributed by atoms with van der Waals surface area (Å²) in [4.78, 5) is 13.0. The molecule has 0 unspecified atom stereocenters. The van der Waals surface area contributed by atoms with Crippen molar-refractivity contribution in [2.24, 2.45) is 17.8 Å². The highest BCUT2D eigenvalue weighted by Gasteiger charge is 2.51. The van der Waals surface area contributed by atoms with Crippen molar-refractivity contribution < 1.29 is 19.4 Å².